The van der Waals surface area contributed by atoms with Crippen LogP contribution >= 0.6 is 0 Å². The van der Waals surface area contributed by atoms with Crippen molar-refractivity contribution < 1.29 is 18.7 Å². The molecule has 1 aromatic rings. The van der Waals surface area contributed by atoms with Crippen LogP contribution in [-0.4, -0.2) is 60.0 Å². The van der Waals surface area contributed by atoms with E-state index in [1.54, 1.807) is 13.0 Å². The molecule has 0 aromatic carbocycles. The van der Waals surface area contributed by atoms with Crippen LogP contribution in [0.15, 0.2) is 16.7 Å². The minimum atomic E-state index is -0.145. The zero-order chi connectivity index (χ0) is 15.0. The van der Waals surface area contributed by atoms with Crippen molar-refractivity contribution in [3.05, 3.63) is 23.7 Å². The monoisotopic (exact) mass is 292 g/mol. The van der Waals surface area contributed by atoms with Crippen molar-refractivity contribution >= 4 is 11.9 Å². The number of rotatable bonds is 2. The van der Waals surface area contributed by atoms with Crippen molar-refractivity contribution in [3.8, 4) is 0 Å². The third-order valence-corrected chi connectivity index (χ3v) is 4.28. The number of hydrogen-bond donors (Lipinski definition) is 0. The number of ether oxygens (including phenoxy) is 1. The van der Waals surface area contributed by atoms with Gasteiger partial charge in [-0.2, -0.15) is 0 Å². The summed E-state index contributed by atoms with van der Waals surface area (Å²) < 4.78 is 10.4. The summed E-state index contributed by atoms with van der Waals surface area (Å²) in [7, 11) is 0. The molecule has 2 aliphatic rings. The van der Waals surface area contributed by atoms with Gasteiger partial charge in [0.15, 0.2) is 0 Å². The van der Waals surface area contributed by atoms with Crippen LogP contribution in [0.3, 0.4) is 0 Å². The molecule has 0 aliphatic carbocycles. The quantitative estimate of drug-likeness (QED) is 0.762. The minimum Gasteiger partial charge on any atom is -0.469 e. The van der Waals surface area contributed by atoms with E-state index in [0.717, 1.165) is 6.42 Å². The number of carbonyl (C=O) groups excluding carboxylic acids is 2. The Bertz CT molecular complexity index is 546. The first-order valence-corrected chi connectivity index (χ1v) is 7.34. The molecule has 2 aliphatic heterocycles. The van der Waals surface area contributed by atoms with Gasteiger partial charge < -0.3 is 14.1 Å². The fourth-order valence-electron chi connectivity index (χ4n) is 3.05. The topological polar surface area (TPSA) is 63.0 Å². The SMILES string of the molecule is Cc1occc1C(=O)N1CCN([C@@H]2C[C@H](C)OC2=O)CC1. The number of furan rings is 1. The van der Waals surface area contributed by atoms with Gasteiger partial charge in [-0.1, -0.05) is 0 Å². The van der Waals surface area contributed by atoms with Gasteiger partial charge in [0.05, 0.1) is 11.8 Å². The van der Waals surface area contributed by atoms with Crippen molar-refractivity contribution in [1.82, 2.24) is 9.80 Å². The lowest BCUT2D eigenvalue weighted by atomic mass is 10.1. The van der Waals surface area contributed by atoms with E-state index in [4.69, 9.17) is 9.15 Å². The number of esters is 1. The molecule has 6 heteroatoms. The van der Waals surface area contributed by atoms with Crippen molar-refractivity contribution in [2.75, 3.05) is 26.2 Å². The molecule has 2 saturated heterocycles. The summed E-state index contributed by atoms with van der Waals surface area (Å²) in [4.78, 5) is 28.1. The molecular weight excluding hydrogens is 272 g/mol. The number of nitrogens with zero attached hydrogens (tertiary/aromatic N) is 2. The van der Waals surface area contributed by atoms with Crippen molar-refractivity contribution in [2.45, 2.75) is 32.4 Å². The Balaban J connectivity index is 1.59. The summed E-state index contributed by atoms with van der Waals surface area (Å²) in [6.45, 7) is 6.37. The van der Waals surface area contributed by atoms with Crippen molar-refractivity contribution in [1.29, 1.82) is 0 Å². The molecule has 1 amide bonds. The molecule has 3 heterocycles. The van der Waals surface area contributed by atoms with Crippen LogP contribution in [-0.2, 0) is 9.53 Å². The van der Waals surface area contributed by atoms with Gasteiger partial charge in [0.25, 0.3) is 5.91 Å². The predicted molar refractivity (Wildman–Crippen MR) is 74.9 cm³/mol. The maximum atomic E-state index is 12.4. The Morgan fingerprint density at radius 2 is 2.00 bits per heavy atom. The number of piperazine rings is 1. The van der Waals surface area contributed by atoms with Crippen LogP contribution in [0.5, 0.6) is 0 Å². The highest BCUT2D eigenvalue weighted by Gasteiger charge is 2.38. The van der Waals surface area contributed by atoms with Crippen LogP contribution in [0.1, 0.15) is 29.5 Å². The Morgan fingerprint density at radius 3 is 2.52 bits per heavy atom. The fourth-order valence-corrected chi connectivity index (χ4v) is 3.05. The zero-order valence-electron chi connectivity index (χ0n) is 12.4. The predicted octanol–water partition coefficient (Wildman–Crippen LogP) is 1.05. The number of cyclic esters (lactones) is 1. The molecule has 2 fully saturated rings. The molecule has 114 valence electrons. The van der Waals surface area contributed by atoms with Gasteiger partial charge in [-0.25, -0.2) is 0 Å². The average molecular weight is 292 g/mol. The molecule has 0 saturated carbocycles. The highest BCUT2D eigenvalue weighted by atomic mass is 16.6. The highest BCUT2D eigenvalue weighted by molar-refractivity contribution is 5.95. The zero-order valence-corrected chi connectivity index (χ0v) is 12.4. The van der Waals surface area contributed by atoms with Gasteiger partial charge >= 0.3 is 5.97 Å². The lowest BCUT2D eigenvalue weighted by Crippen LogP contribution is -2.53. The smallest absolute Gasteiger partial charge is 0.323 e. The molecule has 1 aromatic heterocycles. The Hall–Kier alpha value is -1.82. The van der Waals surface area contributed by atoms with E-state index < -0.39 is 0 Å². The molecule has 21 heavy (non-hydrogen) atoms. The second-order valence-electron chi connectivity index (χ2n) is 5.72. The molecule has 0 unspecified atom stereocenters. The van der Waals surface area contributed by atoms with Crippen LogP contribution in [0.4, 0.5) is 0 Å². The Kier molecular flexibility index (Phi) is 3.71. The minimum absolute atomic E-state index is 0.00302. The van der Waals surface area contributed by atoms with E-state index in [9.17, 15) is 9.59 Å². The lowest BCUT2D eigenvalue weighted by molar-refractivity contribution is -0.145. The van der Waals surface area contributed by atoms with Crippen molar-refractivity contribution in [3.63, 3.8) is 0 Å². The molecule has 2 atom stereocenters. The molecule has 0 N–H and O–H groups in total. The first-order chi connectivity index (χ1) is 10.1. The first-order valence-electron chi connectivity index (χ1n) is 7.34. The molecular formula is C15H20N2O4. The molecule has 0 bridgehead atoms. The van der Waals surface area contributed by atoms with E-state index in [0.29, 0.717) is 37.5 Å². The average Bonchev–Trinajstić information content (AvgIpc) is 3.04. The molecule has 3 rings (SSSR count). The molecule has 6 nitrogen and oxygen atoms in total. The third-order valence-electron chi connectivity index (χ3n) is 4.28. The summed E-state index contributed by atoms with van der Waals surface area (Å²) >= 11 is 0. The van der Waals surface area contributed by atoms with Gasteiger partial charge in [0.2, 0.25) is 0 Å². The van der Waals surface area contributed by atoms with E-state index in [1.807, 2.05) is 11.8 Å². The van der Waals surface area contributed by atoms with Crippen LogP contribution in [0.25, 0.3) is 0 Å². The first kappa shape index (κ1) is 14.1. The largest absolute Gasteiger partial charge is 0.469 e. The highest BCUT2D eigenvalue weighted by Crippen LogP contribution is 2.22. The summed E-state index contributed by atoms with van der Waals surface area (Å²) in [6, 6.07) is 1.56. The van der Waals surface area contributed by atoms with Crippen LogP contribution < -0.4 is 0 Å². The number of aryl methyl sites for hydroxylation is 1. The lowest BCUT2D eigenvalue weighted by Gasteiger charge is -2.36. The Morgan fingerprint density at radius 1 is 1.29 bits per heavy atom. The van der Waals surface area contributed by atoms with Gasteiger partial charge in [-0.3, -0.25) is 14.5 Å². The van der Waals surface area contributed by atoms with Gasteiger partial charge in [-0.05, 0) is 19.9 Å². The van der Waals surface area contributed by atoms with E-state index in [1.165, 1.54) is 6.26 Å². The van der Waals surface area contributed by atoms with Gasteiger partial charge in [-0.15, -0.1) is 0 Å². The maximum Gasteiger partial charge on any atom is 0.323 e. The molecule has 0 spiro atoms. The summed E-state index contributed by atoms with van der Waals surface area (Å²) in [6.07, 6.45) is 2.28. The summed E-state index contributed by atoms with van der Waals surface area (Å²) in [5.74, 6) is 0.520. The second-order valence-corrected chi connectivity index (χ2v) is 5.72. The summed E-state index contributed by atoms with van der Waals surface area (Å²) in [5, 5.41) is 0. The van der Waals surface area contributed by atoms with Crippen LogP contribution in [0.2, 0.25) is 0 Å². The Labute approximate surface area is 123 Å². The standard InChI is InChI=1S/C15H20N2O4/c1-10-9-13(15(19)21-10)16-4-6-17(7-5-16)14(18)12-3-8-20-11(12)2/h3,8,10,13H,4-7,9H2,1-2H3/t10-,13+/m0/s1. The van der Waals surface area contributed by atoms with E-state index in [2.05, 4.69) is 4.90 Å². The fraction of sp³-hybridized carbons (Fsp3) is 0.600. The van der Waals surface area contributed by atoms with Gasteiger partial charge in [0, 0.05) is 32.6 Å². The number of carbonyl (C=O) groups is 2. The van der Waals surface area contributed by atoms with E-state index in [-0.39, 0.29) is 24.0 Å². The van der Waals surface area contributed by atoms with Gasteiger partial charge in [0.1, 0.15) is 17.9 Å². The number of hydrogen-bond acceptors (Lipinski definition) is 5. The number of amides is 1. The molecule has 0 radical (unpaired) electrons. The maximum absolute atomic E-state index is 12.4. The normalized spacial score (nSPS) is 27.0. The van der Waals surface area contributed by atoms with Crippen LogP contribution in [0, 0.1) is 6.92 Å². The van der Waals surface area contributed by atoms with E-state index >= 15 is 0 Å². The third kappa shape index (κ3) is 2.68. The second kappa shape index (κ2) is 5.52. The van der Waals surface area contributed by atoms with Crippen molar-refractivity contribution in [2.24, 2.45) is 0 Å². The summed E-state index contributed by atoms with van der Waals surface area (Å²) in [5.41, 5.74) is 0.623.